The normalized spacial score (nSPS) is 17.2. The maximum atomic E-state index is 14.3. The van der Waals surface area contributed by atoms with Crippen molar-refractivity contribution in [3.05, 3.63) is 100 Å². The van der Waals surface area contributed by atoms with Gasteiger partial charge < -0.3 is 23.5 Å². The van der Waals surface area contributed by atoms with Crippen molar-refractivity contribution < 1.29 is 36.6 Å². The second kappa shape index (κ2) is 14.4. The molecule has 5 aromatic rings. The van der Waals surface area contributed by atoms with Gasteiger partial charge in [-0.3, -0.25) is 4.79 Å². The van der Waals surface area contributed by atoms with Crippen molar-refractivity contribution in [1.82, 2.24) is 19.3 Å². The second-order valence-electron chi connectivity index (χ2n) is 14.1. The van der Waals surface area contributed by atoms with E-state index in [1.807, 2.05) is 35.8 Å². The van der Waals surface area contributed by atoms with Crippen LogP contribution in [0.5, 0.6) is 17.4 Å². The summed E-state index contributed by atoms with van der Waals surface area (Å²) < 4.78 is 68.1. The Bertz CT molecular complexity index is 2320. The number of nitrogens with zero attached hydrogens (tertiary/aromatic N) is 3. The van der Waals surface area contributed by atoms with Gasteiger partial charge in [-0.15, -0.1) is 0 Å². The van der Waals surface area contributed by atoms with Crippen LogP contribution in [0, 0.1) is 18.7 Å². The fraction of sp³-hybridized carbons (Fsp3) is 0.375. The molecule has 1 atom stereocenters. The predicted molar refractivity (Wildman–Crippen MR) is 196 cm³/mol. The SMILES string of the molecule is COc1cc(C(=O)NS(=O)(=O)CC2CC2)cc2c1nc(Cc1cc(C)c3cc1OCCCc1cc(F)ccc1COc1cccc-3n1)n2CC1CCO1. The molecule has 276 valence electrons. The number of hydrogen-bond acceptors (Lipinski definition) is 9. The zero-order valence-electron chi connectivity index (χ0n) is 29.7. The average Bonchev–Trinajstić information content (AvgIpc) is 3.85. The largest absolute Gasteiger partial charge is 0.494 e. The number of carbonyl (C=O) groups is 1. The lowest BCUT2D eigenvalue weighted by molar-refractivity contribution is -0.0589. The minimum atomic E-state index is -3.78. The highest BCUT2D eigenvalue weighted by atomic mass is 32.2. The number of carbonyl (C=O) groups excluding carboxylic acids is 1. The third-order valence-electron chi connectivity index (χ3n) is 10.1. The summed E-state index contributed by atoms with van der Waals surface area (Å²) in [7, 11) is -2.28. The standard InChI is InChI=1S/C40H41FN4O7S/c1-24-15-28(35-20-32(24)33-6-3-7-38(42-33)52-22-27-10-11-30(41)16-26(27)5-4-13-51-35)19-37-43-39-34(45(37)21-31-12-14-50-31)17-29(18-36(39)49-2)40(46)44-53(47,48)23-25-8-9-25/h3,6-7,10-11,15-18,20,25,31H,4-5,8-9,12-14,19,21-23H2,1-2H3,(H,44,46). The molecule has 53 heavy (non-hydrogen) atoms. The van der Waals surface area contributed by atoms with Gasteiger partial charge in [0.25, 0.3) is 5.91 Å². The van der Waals surface area contributed by atoms with E-state index >= 15 is 0 Å². The van der Waals surface area contributed by atoms with Gasteiger partial charge in [0, 0.05) is 35.8 Å². The number of hydrogen-bond donors (Lipinski definition) is 1. The van der Waals surface area contributed by atoms with Crippen molar-refractivity contribution in [3.63, 3.8) is 0 Å². The Morgan fingerprint density at radius 1 is 1.02 bits per heavy atom. The van der Waals surface area contributed by atoms with Gasteiger partial charge >= 0.3 is 0 Å². The second-order valence-corrected chi connectivity index (χ2v) is 15.9. The molecule has 3 aliphatic rings. The molecule has 1 saturated heterocycles. The van der Waals surface area contributed by atoms with Gasteiger partial charge in [0.15, 0.2) is 0 Å². The lowest BCUT2D eigenvalue weighted by atomic mass is 9.99. The minimum Gasteiger partial charge on any atom is -0.494 e. The molecule has 2 fully saturated rings. The van der Waals surface area contributed by atoms with Crippen molar-refractivity contribution in [2.75, 3.05) is 26.1 Å². The molecule has 1 N–H and O–H groups in total. The Labute approximate surface area is 307 Å². The number of aromatic nitrogens is 3. The third kappa shape index (κ3) is 7.72. The highest BCUT2D eigenvalue weighted by Crippen LogP contribution is 2.36. The number of nitrogens with one attached hydrogen (secondary N) is 1. The molecule has 2 aromatic heterocycles. The van der Waals surface area contributed by atoms with E-state index in [4.69, 9.17) is 28.9 Å². The van der Waals surface area contributed by atoms with Crippen molar-refractivity contribution in [1.29, 1.82) is 0 Å². The molecule has 4 bridgehead atoms. The molecule has 1 amide bonds. The maximum absolute atomic E-state index is 14.3. The van der Waals surface area contributed by atoms with Gasteiger partial charge in [0.1, 0.15) is 35.3 Å². The topological polar surface area (TPSA) is 131 Å². The van der Waals surface area contributed by atoms with Crippen LogP contribution in [-0.4, -0.2) is 61.0 Å². The van der Waals surface area contributed by atoms with E-state index in [9.17, 15) is 17.6 Å². The Balaban J connectivity index is 1.17. The van der Waals surface area contributed by atoms with E-state index in [0.717, 1.165) is 52.8 Å². The van der Waals surface area contributed by atoms with E-state index in [0.29, 0.717) is 73.3 Å². The number of halogens is 1. The number of ether oxygens (including phenoxy) is 4. The summed E-state index contributed by atoms with van der Waals surface area (Å²) in [6.45, 7) is 3.85. The number of sulfonamides is 1. The highest BCUT2D eigenvalue weighted by Gasteiger charge is 2.30. The van der Waals surface area contributed by atoms with Gasteiger partial charge in [0.05, 0.1) is 43.3 Å². The first kappa shape index (κ1) is 35.0. The first-order valence-electron chi connectivity index (χ1n) is 18.0. The smallest absolute Gasteiger partial charge is 0.264 e. The van der Waals surface area contributed by atoms with Crippen LogP contribution in [-0.2, 0) is 40.8 Å². The Hall–Kier alpha value is -5.01. The van der Waals surface area contributed by atoms with Gasteiger partial charge in [-0.05, 0) is 98.0 Å². The summed E-state index contributed by atoms with van der Waals surface area (Å²) in [6.07, 6.45) is 4.17. The Kier molecular flexibility index (Phi) is 9.54. The fourth-order valence-electron chi connectivity index (χ4n) is 7.01. The lowest BCUT2D eigenvalue weighted by Gasteiger charge is -2.27. The zero-order valence-corrected chi connectivity index (χ0v) is 30.5. The monoisotopic (exact) mass is 740 g/mol. The summed E-state index contributed by atoms with van der Waals surface area (Å²) in [5.41, 5.74) is 6.63. The van der Waals surface area contributed by atoms with Crippen molar-refractivity contribution >= 4 is 27.0 Å². The summed E-state index contributed by atoms with van der Waals surface area (Å²) in [4.78, 5) is 23.2. The molecule has 13 heteroatoms. The van der Waals surface area contributed by atoms with E-state index in [-0.39, 0.29) is 35.8 Å². The van der Waals surface area contributed by atoms with E-state index in [2.05, 4.69) is 10.8 Å². The van der Waals surface area contributed by atoms with Gasteiger partial charge in [-0.2, -0.15) is 0 Å². The first-order valence-corrected chi connectivity index (χ1v) is 19.6. The van der Waals surface area contributed by atoms with Gasteiger partial charge in [0.2, 0.25) is 15.9 Å². The van der Waals surface area contributed by atoms with Crippen LogP contribution < -0.4 is 18.9 Å². The number of benzene rings is 3. The molecular weight excluding hydrogens is 700 g/mol. The lowest BCUT2D eigenvalue weighted by Crippen LogP contribution is -2.33. The van der Waals surface area contributed by atoms with Crippen LogP contribution >= 0.6 is 0 Å². The molecule has 0 spiro atoms. The Morgan fingerprint density at radius 3 is 2.64 bits per heavy atom. The van der Waals surface area contributed by atoms with Crippen LogP contribution in [0.25, 0.3) is 22.3 Å². The number of amides is 1. The summed E-state index contributed by atoms with van der Waals surface area (Å²) >= 11 is 0. The number of rotatable bonds is 9. The molecule has 11 nitrogen and oxygen atoms in total. The third-order valence-corrected chi connectivity index (χ3v) is 11.5. The summed E-state index contributed by atoms with van der Waals surface area (Å²) in [5.74, 6) is 1.22. The van der Waals surface area contributed by atoms with Crippen molar-refractivity contribution in [3.8, 4) is 28.6 Å². The Morgan fingerprint density at radius 2 is 1.87 bits per heavy atom. The molecular formula is C40H41FN4O7S. The summed E-state index contributed by atoms with van der Waals surface area (Å²) in [5, 5.41) is 0. The average molecular weight is 741 g/mol. The van der Waals surface area contributed by atoms with E-state index in [1.54, 1.807) is 18.2 Å². The number of imidazole rings is 1. The molecule has 0 radical (unpaired) electrons. The quantitative estimate of drug-likeness (QED) is 0.185. The molecule has 1 unspecified atom stereocenters. The van der Waals surface area contributed by atoms with Crippen LogP contribution in [0.1, 0.15) is 64.1 Å². The highest BCUT2D eigenvalue weighted by molar-refractivity contribution is 7.90. The molecule has 3 aromatic carbocycles. The molecule has 1 aliphatic carbocycles. The maximum Gasteiger partial charge on any atom is 0.264 e. The van der Waals surface area contributed by atoms with E-state index < -0.39 is 15.9 Å². The molecule has 4 heterocycles. The number of pyridine rings is 1. The predicted octanol–water partition coefficient (Wildman–Crippen LogP) is 6.31. The fourth-order valence-corrected chi connectivity index (χ4v) is 8.45. The van der Waals surface area contributed by atoms with Crippen molar-refractivity contribution in [2.24, 2.45) is 5.92 Å². The number of aryl methyl sites for hydroxylation is 2. The molecule has 1 saturated carbocycles. The molecule has 2 aliphatic heterocycles. The van der Waals surface area contributed by atoms with Crippen molar-refractivity contribution in [2.45, 2.75) is 64.7 Å². The van der Waals surface area contributed by atoms with Crippen LogP contribution in [0.15, 0.2) is 60.7 Å². The minimum absolute atomic E-state index is 0.0415. The van der Waals surface area contributed by atoms with Crippen LogP contribution in [0.4, 0.5) is 4.39 Å². The van der Waals surface area contributed by atoms with Crippen LogP contribution in [0.2, 0.25) is 0 Å². The zero-order chi connectivity index (χ0) is 36.7. The van der Waals surface area contributed by atoms with E-state index in [1.165, 1.54) is 19.2 Å². The van der Waals surface area contributed by atoms with Gasteiger partial charge in [-0.1, -0.05) is 18.2 Å². The van der Waals surface area contributed by atoms with Gasteiger partial charge in [-0.25, -0.2) is 27.5 Å². The summed E-state index contributed by atoms with van der Waals surface area (Å²) in [6, 6.07) is 17.7. The number of fused-ring (bicyclic) bond motifs is 7. The van der Waals surface area contributed by atoms with Crippen LogP contribution in [0.3, 0.4) is 0 Å². The number of methoxy groups -OCH3 is 1. The molecule has 8 rings (SSSR count). The first-order chi connectivity index (χ1) is 25.6.